The van der Waals surface area contributed by atoms with Gasteiger partial charge < -0.3 is 10.2 Å². The Morgan fingerprint density at radius 1 is 1.00 bits per heavy atom. The van der Waals surface area contributed by atoms with Crippen LogP contribution in [0.25, 0.3) is 11.4 Å². The highest BCUT2D eigenvalue weighted by Gasteiger charge is 2.20. The van der Waals surface area contributed by atoms with Crippen LogP contribution in [0.2, 0.25) is 0 Å². The fourth-order valence-corrected chi connectivity index (χ4v) is 4.33. The number of anilines is 1. The highest BCUT2D eigenvalue weighted by Crippen LogP contribution is 2.38. The van der Waals surface area contributed by atoms with E-state index >= 15 is 0 Å². The number of pyridine rings is 2. The number of halogens is 1. The molecule has 0 atom stereocenters. The molecule has 2 aromatic rings. The van der Waals surface area contributed by atoms with E-state index in [9.17, 15) is 0 Å². The molecule has 4 rings (SSSR count). The lowest BCUT2D eigenvalue weighted by molar-refractivity contribution is 0.589. The van der Waals surface area contributed by atoms with Crippen LogP contribution in [-0.4, -0.2) is 36.1 Å². The van der Waals surface area contributed by atoms with Gasteiger partial charge >= 0.3 is 0 Å². The van der Waals surface area contributed by atoms with Crippen LogP contribution in [-0.2, 0) is 0 Å². The number of rotatable bonds is 3. The Labute approximate surface area is 151 Å². The lowest BCUT2D eigenvalue weighted by atomic mass is 9.97. The Morgan fingerprint density at radius 2 is 1.75 bits per heavy atom. The second kappa shape index (κ2) is 7.19. The van der Waals surface area contributed by atoms with E-state index in [2.05, 4.69) is 54.3 Å². The normalized spacial score (nSPS) is 19.0. The van der Waals surface area contributed by atoms with E-state index in [0.29, 0.717) is 5.92 Å². The van der Waals surface area contributed by atoms with Crippen molar-refractivity contribution in [3.8, 4) is 11.4 Å². The van der Waals surface area contributed by atoms with Crippen molar-refractivity contribution in [2.45, 2.75) is 31.6 Å². The monoisotopic (exact) mass is 386 g/mol. The molecule has 4 nitrogen and oxygen atoms in total. The minimum Gasteiger partial charge on any atom is -0.368 e. The minimum absolute atomic E-state index is 0.668. The molecule has 0 unspecified atom stereocenters. The molecule has 0 spiro atoms. The summed E-state index contributed by atoms with van der Waals surface area (Å²) in [6.45, 7) is 4.17. The fourth-order valence-electron chi connectivity index (χ4n) is 3.79. The van der Waals surface area contributed by atoms with Crippen molar-refractivity contribution in [3.05, 3.63) is 40.6 Å². The zero-order valence-electron chi connectivity index (χ0n) is 13.8. The second-order valence-electron chi connectivity index (χ2n) is 6.71. The molecule has 1 aliphatic heterocycles. The Balaban J connectivity index is 1.58. The van der Waals surface area contributed by atoms with Gasteiger partial charge in [0.1, 0.15) is 0 Å². The van der Waals surface area contributed by atoms with Crippen molar-refractivity contribution in [1.29, 1.82) is 0 Å². The lowest BCUT2D eigenvalue weighted by Crippen LogP contribution is -2.43. The number of hydrogen-bond acceptors (Lipinski definition) is 4. The van der Waals surface area contributed by atoms with Crippen LogP contribution < -0.4 is 10.2 Å². The zero-order chi connectivity index (χ0) is 16.4. The first-order valence-electron chi connectivity index (χ1n) is 8.89. The molecule has 2 aromatic heterocycles. The summed E-state index contributed by atoms with van der Waals surface area (Å²) in [6, 6.07) is 6.51. The quantitative estimate of drug-likeness (QED) is 0.865. The van der Waals surface area contributed by atoms with Crippen LogP contribution in [0, 0.1) is 0 Å². The van der Waals surface area contributed by atoms with Crippen molar-refractivity contribution in [2.24, 2.45) is 0 Å². The van der Waals surface area contributed by atoms with Gasteiger partial charge in [0.25, 0.3) is 0 Å². The molecular weight excluding hydrogens is 364 g/mol. The summed E-state index contributed by atoms with van der Waals surface area (Å²) in [5, 5.41) is 3.38. The molecule has 1 saturated carbocycles. The van der Waals surface area contributed by atoms with Gasteiger partial charge in [-0.2, -0.15) is 0 Å². The van der Waals surface area contributed by atoms with Crippen LogP contribution in [0.4, 0.5) is 5.69 Å². The van der Waals surface area contributed by atoms with Gasteiger partial charge in [-0.3, -0.25) is 9.97 Å². The number of hydrogen-bond donors (Lipinski definition) is 1. The predicted octanol–water partition coefficient (Wildman–Crippen LogP) is 3.97. The lowest BCUT2D eigenvalue weighted by Gasteiger charge is -2.29. The van der Waals surface area contributed by atoms with Gasteiger partial charge in [0.05, 0.1) is 23.3 Å². The van der Waals surface area contributed by atoms with Crippen LogP contribution in [0.1, 0.15) is 37.2 Å². The van der Waals surface area contributed by atoms with Gasteiger partial charge in [-0.25, -0.2) is 0 Å². The largest absolute Gasteiger partial charge is 0.368 e. The molecule has 24 heavy (non-hydrogen) atoms. The average molecular weight is 387 g/mol. The van der Waals surface area contributed by atoms with Crippen molar-refractivity contribution in [1.82, 2.24) is 15.3 Å². The summed E-state index contributed by atoms with van der Waals surface area (Å²) in [4.78, 5) is 11.7. The van der Waals surface area contributed by atoms with Crippen molar-refractivity contribution < 1.29 is 0 Å². The first-order chi connectivity index (χ1) is 11.8. The van der Waals surface area contributed by atoms with E-state index in [1.165, 1.54) is 36.9 Å². The number of aromatic nitrogens is 2. The summed E-state index contributed by atoms with van der Waals surface area (Å²) in [5.41, 5.74) is 4.53. The Kier molecular flexibility index (Phi) is 4.81. The molecule has 0 aromatic carbocycles. The molecule has 0 radical (unpaired) electrons. The fraction of sp³-hybridized carbons (Fsp3) is 0.474. The molecule has 1 aliphatic carbocycles. The molecule has 1 saturated heterocycles. The Bertz CT molecular complexity index is 689. The topological polar surface area (TPSA) is 41.1 Å². The third-order valence-corrected chi connectivity index (χ3v) is 5.84. The SMILES string of the molecule is Brc1cnc(-c2ccc(N3CCNCC3)cn2)cc1C1CCCC1. The highest BCUT2D eigenvalue weighted by molar-refractivity contribution is 9.10. The van der Waals surface area contributed by atoms with Gasteiger partial charge in [-0.15, -0.1) is 0 Å². The summed E-state index contributed by atoms with van der Waals surface area (Å²) in [6.07, 6.45) is 9.18. The maximum absolute atomic E-state index is 4.68. The van der Waals surface area contributed by atoms with E-state index in [0.717, 1.165) is 42.0 Å². The van der Waals surface area contributed by atoms with Crippen LogP contribution >= 0.6 is 15.9 Å². The minimum atomic E-state index is 0.668. The van der Waals surface area contributed by atoms with E-state index in [4.69, 9.17) is 0 Å². The molecule has 2 aliphatic rings. The second-order valence-corrected chi connectivity index (χ2v) is 7.57. The zero-order valence-corrected chi connectivity index (χ0v) is 15.4. The van der Waals surface area contributed by atoms with Crippen molar-refractivity contribution in [2.75, 3.05) is 31.1 Å². The standard InChI is InChI=1S/C19H23BrN4/c20-17-13-23-19(11-16(17)14-3-1-2-4-14)18-6-5-15(12-22-18)24-9-7-21-8-10-24/h5-6,11-14,21H,1-4,7-10H2. The van der Waals surface area contributed by atoms with Gasteiger partial charge in [0.15, 0.2) is 0 Å². The molecule has 1 N–H and O–H groups in total. The first-order valence-corrected chi connectivity index (χ1v) is 9.68. The molecule has 5 heteroatoms. The van der Waals surface area contributed by atoms with E-state index < -0.39 is 0 Å². The summed E-state index contributed by atoms with van der Waals surface area (Å²) >= 11 is 3.68. The summed E-state index contributed by atoms with van der Waals surface area (Å²) < 4.78 is 1.13. The average Bonchev–Trinajstić information content (AvgIpc) is 3.18. The number of nitrogens with one attached hydrogen (secondary N) is 1. The van der Waals surface area contributed by atoms with Crippen molar-refractivity contribution >= 4 is 21.6 Å². The number of nitrogens with zero attached hydrogens (tertiary/aromatic N) is 3. The van der Waals surface area contributed by atoms with Crippen molar-refractivity contribution in [3.63, 3.8) is 0 Å². The molecular formula is C19H23BrN4. The van der Waals surface area contributed by atoms with Gasteiger partial charge in [-0.05, 0) is 58.5 Å². The molecule has 3 heterocycles. The van der Waals surface area contributed by atoms with Crippen LogP contribution in [0.5, 0.6) is 0 Å². The van der Waals surface area contributed by atoms with Crippen LogP contribution in [0.15, 0.2) is 35.1 Å². The summed E-state index contributed by atoms with van der Waals surface area (Å²) in [7, 11) is 0. The van der Waals surface area contributed by atoms with E-state index in [1.807, 2.05) is 12.4 Å². The van der Waals surface area contributed by atoms with Gasteiger partial charge in [-0.1, -0.05) is 12.8 Å². The predicted molar refractivity (Wildman–Crippen MR) is 101 cm³/mol. The maximum Gasteiger partial charge on any atom is 0.0889 e. The first kappa shape index (κ1) is 16.0. The van der Waals surface area contributed by atoms with E-state index in [1.54, 1.807) is 0 Å². The maximum atomic E-state index is 4.68. The molecule has 0 bridgehead atoms. The van der Waals surface area contributed by atoms with Crippen LogP contribution in [0.3, 0.4) is 0 Å². The smallest absolute Gasteiger partial charge is 0.0889 e. The summed E-state index contributed by atoms with van der Waals surface area (Å²) in [5.74, 6) is 0.668. The van der Waals surface area contributed by atoms with Gasteiger partial charge in [0.2, 0.25) is 0 Å². The van der Waals surface area contributed by atoms with E-state index in [-0.39, 0.29) is 0 Å². The third-order valence-electron chi connectivity index (χ3n) is 5.17. The van der Waals surface area contributed by atoms with Gasteiger partial charge in [0, 0.05) is 36.8 Å². The molecule has 2 fully saturated rings. The third kappa shape index (κ3) is 3.33. The molecule has 0 amide bonds. The Hall–Kier alpha value is -1.46. The Morgan fingerprint density at radius 3 is 2.46 bits per heavy atom. The molecule has 126 valence electrons. The highest BCUT2D eigenvalue weighted by atomic mass is 79.9. The number of piperazine rings is 1.